The molecule has 3 aromatic rings. The van der Waals surface area contributed by atoms with Crippen molar-refractivity contribution in [2.75, 3.05) is 5.32 Å². The summed E-state index contributed by atoms with van der Waals surface area (Å²) < 4.78 is 19.4. The quantitative estimate of drug-likeness (QED) is 0.759. The maximum atomic E-state index is 12.9. The number of benzene rings is 1. The smallest absolute Gasteiger partial charge is 0.259 e. The number of halogens is 1. The lowest BCUT2D eigenvalue weighted by Gasteiger charge is -2.08. The summed E-state index contributed by atoms with van der Waals surface area (Å²) >= 11 is 0. The van der Waals surface area contributed by atoms with Gasteiger partial charge in [0, 0.05) is 23.9 Å². The van der Waals surface area contributed by atoms with E-state index in [4.69, 9.17) is 4.52 Å². The predicted octanol–water partition coefficient (Wildman–Crippen LogP) is 2.80. The van der Waals surface area contributed by atoms with Crippen molar-refractivity contribution in [3.05, 3.63) is 64.6 Å². The highest BCUT2D eigenvalue weighted by Gasteiger charge is 2.13. The fourth-order valence-corrected chi connectivity index (χ4v) is 2.26. The molecular weight excluding hydrogens is 339 g/mol. The van der Waals surface area contributed by atoms with Crippen molar-refractivity contribution in [3.8, 4) is 11.5 Å². The van der Waals surface area contributed by atoms with Gasteiger partial charge in [-0.3, -0.25) is 9.59 Å². The Morgan fingerprint density at radius 2 is 1.96 bits per heavy atom. The summed E-state index contributed by atoms with van der Waals surface area (Å²) in [5, 5.41) is 6.49. The molecule has 2 heterocycles. The van der Waals surface area contributed by atoms with Crippen LogP contribution in [0.25, 0.3) is 11.5 Å². The molecule has 0 atom stereocenters. The monoisotopic (exact) mass is 356 g/mol. The molecule has 0 aliphatic heterocycles. The number of nitrogens with zero attached hydrogens (tertiary/aromatic N) is 3. The highest BCUT2D eigenvalue weighted by molar-refractivity contribution is 5.90. The summed E-state index contributed by atoms with van der Waals surface area (Å²) in [4.78, 5) is 28.4. The van der Waals surface area contributed by atoms with Crippen LogP contribution in [0.5, 0.6) is 0 Å². The Balaban J connectivity index is 1.77. The summed E-state index contributed by atoms with van der Waals surface area (Å²) in [7, 11) is 0. The van der Waals surface area contributed by atoms with Crippen LogP contribution in [-0.2, 0) is 11.3 Å². The Bertz CT molecular complexity index is 977. The lowest BCUT2D eigenvalue weighted by Crippen LogP contribution is -2.26. The Labute approximate surface area is 148 Å². The molecule has 0 aliphatic carbocycles. The molecular formula is C18H17FN4O3. The van der Waals surface area contributed by atoms with Gasteiger partial charge in [-0.25, -0.2) is 4.39 Å². The number of pyridine rings is 1. The Hall–Kier alpha value is -3.29. The highest BCUT2D eigenvalue weighted by atomic mass is 19.1. The minimum atomic E-state index is -0.413. The van der Waals surface area contributed by atoms with E-state index in [0.29, 0.717) is 17.1 Å². The van der Waals surface area contributed by atoms with E-state index in [1.807, 2.05) is 13.8 Å². The first kappa shape index (κ1) is 17.5. The number of rotatable bonds is 5. The van der Waals surface area contributed by atoms with E-state index >= 15 is 0 Å². The van der Waals surface area contributed by atoms with Gasteiger partial charge in [0.25, 0.3) is 11.4 Å². The van der Waals surface area contributed by atoms with Crippen molar-refractivity contribution >= 4 is 11.6 Å². The number of amides is 1. The molecule has 0 unspecified atom stereocenters. The molecule has 0 spiro atoms. The third kappa shape index (κ3) is 4.02. The molecule has 0 saturated carbocycles. The normalized spacial score (nSPS) is 10.9. The number of aromatic nitrogens is 3. The first-order valence-corrected chi connectivity index (χ1v) is 8.02. The standard InChI is InChI=1S/C18H17FN4O3/c1-11(2)17-21-18(26-22-17)12-3-8-16(25)23(9-12)10-15(24)20-14-6-4-13(19)5-7-14/h3-9,11H,10H2,1-2H3,(H,20,24). The van der Waals surface area contributed by atoms with Crippen molar-refractivity contribution < 1.29 is 13.7 Å². The molecule has 0 saturated heterocycles. The topological polar surface area (TPSA) is 90.0 Å². The van der Waals surface area contributed by atoms with E-state index in [0.717, 1.165) is 0 Å². The molecule has 7 nitrogen and oxygen atoms in total. The maximum Gasteiger partial charge on any atom is 0.259 e. The summed E-state index contributed by atoms with van der Waals surface area (Å²) in [6.07, 6.45) is 1.49. The molecule has 8 heteroatoms. The SMILES string of the molecule is CC(C)c1noc(-c2ccc(=O)n(CC(=O)Nc3ccc(F)cc3)c2)n1. The van der Waals surface area contributed by atoms with E-state index in [1.165, 1.54) is 41.1 Å². The summed E-state index contributed by atoms with van der Waals surface area (Å²) in [6, 6.07) is 8.26. The fraction of sp³-hybridized carbons (Fsp3) is 0.222. The van der Waals surface area contributed by atoms with Crippen molar-refractivity contribution in [1.82, 2.24) is 14.7 Å². The van der Waals surface area contributed by atoms with Crippen molar-refractivity contribution in [2.45, 2.75) is 26.3 Å². The number of hydrogen-bond acceptors (Lipinski definition) is 5. The first-order valence-electron chi connectivity index (χ1n) is 8.02. The third-order valence-corrected chi connectivity index (χ3v) is 3.63. The minimum Gasteiger partial charge on any atom is -0.334 e. The second kappa shape index (κ2) is 7.30. The Kier molecular flexibility index (Phi) is 4.92. The van der Waals surface area contributed by atoms with Gasteiger partial charge in [0.1, 0.15) is 12.4 Å². The van der Waals surface area contributed by atoms with Crippen LogP contribution in [0.15, 0.2) is 51.9 Å². The highest BCUT2D eigenvalue weighted by Crippen LogP contribution is 2.18. The van der Waals surface area contributed by atoms with Crippen LogP contribution in [0.4, 0.5) is 10.1 Å². The summed E-state index contributed by atoms with van der Waals surface area (Å²) in [6.45, 7) is 3.68. The van der Waals surface area contributed by atoms with Crippen LogP contribution < -0.4 is 10.9 Å². The predicted molar refractivity (Wildman–Crippen MR) is 93.1 cm³/mol. The number of carbonyl (C=O) groups is 1. The molecule has 0 aliphatic rings. The fourth-order valence-electron chi connectivity index (χ4n) is 2.26. The van der Waals surface area contributed by atoms with Crippen molar-refractivity contribution in [1.29, 1.82) is 0 Å². The van der Waals surface area contributed by atoms with Gasteiger partial charge in [-0.15, -0.1) is 0 Å². The molecule has 2 aromatic heterocycles. The molecule has 1 aromatic carbocycles. The zero-order chi connectivity index (χ0) is 18.7. The van der Waals surface area contributed by atoms with E-state index in [-0.39, 0.29) is 23.9 Å². The van der Waals surface area contributed by atoms with Gasteiger partial charge in [0.15, 0.2) is 5.82 Å². The molecule has 1 N–H and O–H groups in total. The van der Waals surface area contributed by atoms with Gasteiger partial charge in [-0.05, 0) is 30.3 Å². The molecule has 3 rings (SSSR count). The number of nitrogens with one attached hydrogen (secondary N) is 1. The third-order valence-electron chi connectivity index (χ3n) is 3.63. The number of carbonyl (C=O) groups excluding carboxylic acids is 1. The van der Waals surface area contributed by atoms with Crippen LogP contribution in [0.2, 0.25) is 0 Å². The van der Waals surface area contributed by atoms with Crippen LogP contribution in [0, 0.1) is 5.82 Å². The zero-order valence-corrected chi connectivity index (χ0v) is 14.3. The Morgan fingerprint density at radius 1 is 1.23 bits per heavy atom. The van der Waals surface area contributed by atoms with Gasteiger partial charge in [0.2, 0.25) is 5.91 Å². The molecule has 0 radical (unpaired) electrons. The van der Waals surface area contributed by atoms with Gasteiger partial charge in [0.05, 0.1) is 5.56 Å². The number of hydrogen-bond donors (Lipinski definition) is 1. The van der Waals surface area contributed by atoms with E-state index < -0.39 is 11.7 Å². The second-order valence-corrected chi connectivity index (χ2v) is 6.05. The largest absolute Gasteiger partial charge is 0.334 e. The lowest BCUT2D eigenvalue weighted by molar-refractivity contribution is -0.116. The van der Waals surface area contributed by atoms with Gasteiger partial charge in [-0.2, -0.15) is 4.98 Å². The van der Waals surface area contributed by atoms with Crippen molar-refractivity contribution in [3.63, 3.8) is 0 Å². The van der Waals surface area contributed by atoms with Crippen LogP contribution in [0.3, 0.4) is 0 Å². The number of anilines is 1. The van der Waals surface area contributed by atoms with E-state index in [2.05, 4.69) is 15.5 Å². The Morgan fingerprint density at radius 3 is 2.62 bits per heavy atom. The lowest BCUT2D eigenvalue weighted by atomic mass is 10.2. The van der Waals surface area contributed by atoms with Gasteiger partial charge in [-0.1, -0.05) is 19.0 Å². The van der Waals surface area contributed by atoms with Crippen LogP contribution in [-0.4, -0.2) is 20.6 Å². The second-order valence-electron chi connectivity index (χ2n) is 6.05. The molecule has 134 valence electrons. The maximum absolute atomic E-state index is 12.9. The average molecular weight is 356 g/mol. The van der Waals surface area contributed by atoms with Crippen molar-refractivity contribution in [2.24, 2.45) is 0 Å². The van der Waals surface area contributed by atoms with E-state index in [1.54, 1.807) is 6.07 Å². The average Bonchev–Trinajstić information content (AvgIpc) is 3.09. The van der Waals surface area contributed by atoms with Crippen LogP contribution >= 0.6 is 0 Å². The minimum absolute atomic E-state index is 0.111. The molecule has 1 amide bonds. The van der Waals surface area contributed by atoms with Gasteiger partial charge >= 0.3 is 0 Å². The van der Waals surface area contributed by atoms with Gasteiger partial charge < -0.3 is 14.4 Å². The van der Waals surface area contributed by atoms with Crippen LogP contribution in [0.1, 0.15) is 25.6 Å². The molecule has 0 bridgehead atoms. The molecule has 26 heavy (non-hydrogen) atoms. The first-order chi connectivity index (χ1) is 12.4. The molecule has 0 fully saturated rings. The zero-order valence-electron chi connectivity index (χ0n) is 14.3. The summed E-state index contributed by atoms with van der Waals surface area (Å²) in [5.41, 5.74) is 0.643. The summed E-state index contributed by atoms with van der Waals surface area (Å²) in [5.74, 6) is 0.143. The van der Waals surface area contributed by atoms with E-state index in [9.17, 15) is 14.0 Å².